The lowest BCUT2D eigenvalue weighted by molar-refractivity contribution is 1.14. The molecule has 2 heterocycles. The van der Waals surface area contributed by atoms with Crippen LogP contribution in [0.5, 0.6) is 0 Å². The summed E-state index contributed by atoms with van der Waals surface area (Å²) in [5.41, 5.74) is 11.9. The molecule has 0 aliphatic heterocycles. The summed E-state index contributed by atoms with van der Waals surface area (Å²) in [6, 6.07) is 93.7. The van der Waals surface area contributed by atoms with E-state index in [1.54, 1.807) is 0 Å². The van der Waals surface area contributed by atoms with Crippen LogP contribution in [0, 0.1) is 0 Å². The topological polar surface area (TPSA) is 9.86 Å². The molecule has 0 amide bonds. The normalized spacial score (nSPS) is 12.1. The average molecular weight is 823 g/mol. The molecule has 10 aromatic carbocycles. The highest BCUT2D eigenvalue weighted by atomic mass is 32.3. The van der Waals surface area contributed by atoms with Gasteiger partial charge in [0.05, 0.1) is 22.1 Å². The predicted molar refractivity (Wildman–Crippen MR) is 266 cm³/mol. The summed E-state index contributed by atoms with van der Waals surface area (Å²) in [7, 11) is -1.81. The largest absolute Gasteiger partial charge is 0.309 e. The molecule has 0 N–H and O–H groups in total. The smallest absolute Gasteiger partial charge is 0.0561 e. The van der Waals surface area contributed by atoms with Crippen molar-refractivity contribution in [3.8, 4) is 33.6 Å². The van der Waals surface area contributed by atoms with Gasteiger partial charge in [-0.05, 0) is 119 Å². The Bertz CT molecular complexity index is 3490. The van der Waals surface area contributed by atoms with Crippen LogP contribution >= 0.6 is 10.0 Å². The van der Waals surface area contributed by atoms with E-state index in [0.717, 1.165) is 11.4 Å². The van der Waals surface area contributed by atoms with Crippen molar-refractivity contribution in [1.29, 1.82) is 0 Å². The summed E-state index contributed by atoms with van der Waals surface area (Å²) in [5.74, 6) is 0. The highest BCUT2D eigenvalue weighted by Gasteiger charge is 2.33. The van der Waals surface area contributed by atoms with Crippen LogP contribution in [0.1, 0.15) is 0 Å². The molecule has 0 unspecified atom stereocenters. The van der Waals surface area contributed by atoms with Crippen LogP contribution in [0.4, 0.5) is 0 Å². The molecule has 63 heavy (non-hydrogen) atoms. The fourth-order valence-electron chi connectivity index (χ4n) is 9.90. The van der Waals surface area contributed by atoms with Crippen molar-refractivity contribution in [2.24, 2.45) is 0 Å². The first-order chi connectivity index (χ1) is 31.3. The van der Waals surface area contributed by atoms with Gasteiger partial charge in [-0.1, -0.05) is 158 Å². The molecule has 0 spiro atoms. The van der Waals surface area contributed by atoms with Gasteiger partial charge < -0.3 is 9.13 Å². The Balaban J connectivity index is 1.05. The zero-order valence-corrected chi connectivity index (χ0v) is 35.4. The molecule has 3 heteroatoms. The Morgan fingerprint density at radius 1 is 0.254 bits per heavy atom. The van der Waals surface area contributed by atoms with Gasteiger partial charge in [-0.2, -0.15) is 0 Å². The number of benzene rings is 10. The van der Waals surface area contributed by atoms with Crippen molar-refractivity contribution in [3.63, 3.8) is 0 Å². The lowest BCUT2D eigenvalue weighted by atomic mass is 9.96. The molecule has 2 nitrogen and oxygen atoms in total. The zero-order valence-electron chi connectivity index (χ0n) is 34.6. The van der Waals surface area contributed by atoms with Gasteiger partial charge >= 0.3 is 0 Å². The molecule has 0 aliphatic carbocycles. The number of nitrogens with zero attached hydrogens (tertiary/aromatic N) is 2. The molecule has 298 valence electrons. The van der Waals surface area contributed by atoms with Gasteiger partial charge in [0, 0.05) is 52.5 Å². The van der Waals surface area contributed by atoms with Gasteiger partial charge in [0.2, 0.25) is 0 Å². The van der Waals surface area contributed by atoms with E-state index in [0.29, 0.717) is 0 Å². The van der Waals surface area contributed by atoms with Gasteiger partial charge in [-0.25, -0.2) is 0 Å². The molecule has 0 aliphatic rings. The molecular formula is C60H42N2S. The first-order valence-electron chi connectivity index (χ1n) is 21.6. The predicted octanol–water partition coefficient (Wildman–Crippen LogP) is 16.6. The van der Waals surface area contributed by atoms with E-state index in [1.165, 1.54) is 85.4 Å². The van der Waals surface area contributed by atoms with E-state index >= 15 is 0 Å². The fourth-order valence-corrected chi connectivity index (χ4v) is 13.8. The molecule has 0 saturated heterocycles. The van der Waals surface area contributed by atoms with E-state index in [-0.39, 0.29) is 0 Å². The van der Waals surface area contributed by atoms with E-state index in [2.05, 4.69) is 264 Å². The summed E-state index contributed by atoms with van der Waals surface area (Å²) in [6.45, 7) is 0. The molecule has 0 radical (unpaired) electrons. The van der Waals surface area contributed by atoms with E-state index in [9.17, 15) is 0 Å². The lowest BCUT2D eigenvalue weighted by Crippen LogP contribution is -2.05. The summed E-state index contributed by atoms with van der Waals surface area (Å²) in [6.07, 6.45) is 0. The maximum atomic E-state index is 2.46. The molecule has 0 saturated carbocycles. The Labute approximate surface area is 368 Å². The Morgan fingerprint density at radius 2 is 0.698 bits per heavy atom. The van der Waals surface area contributed by atoms with Crippen molar-refractivity contribution in [2.75, 3.05) is 0 Å². The van der Waals surface area contributed by atoms with Crippen LogP contribution in [0.2, 0.25) is 0 Å². The first-order valence-corrected chi connectivity index (χ1v) is 23.2. The maximum absolute atomic E-state index is 2.46. The van der Waals surface area contributed by atoms with Crippen LogP contribution in [0.25, 0.3) is 77.2 Å². The van der Waals surface area contributed by atoms with Crippen molar-refractivity contribution >= 4 is 53.6 Å². The number of fused-ring (bicyclic) bond motifs is 6. The Morgan fingerprint density at radius 3 is 1.35 bits per heavy atom. The van der Waals surface area contributed by atoms with Crippen LogP contribution < -0.4 is 0 Å². The van der Waals surface area contributed by atoms with Crippen molar-refractivity contribution in [1.82, 2.24) is 9.13 Å². The van der Waals surface area contributed by atoms with Gasteiger partial charge in [-0.3, -0.25) is 0 Å². The highest BCUT2D eigenvalue weighted by Crippen LogP contribution is 2.73. The van der Waals surface area contributed by atoms with Crippen molar-refractivity contribution in [2.45, 2.75) is 19.6 Å². The molecule has 12 rings (SSSR count). The number of aromatic nitrogens is 2. The summed E-state index contributed by atoms with van der Waals surface area (Å²) in [4.78, 5) is 5.24. The summed E-state index contributed by atoms with van der Waals surface area (Å²) in [5, 5.41) is 4.97. The van der Waals surface area contributed by atoms with Crippen molar-refractivity contribution < 1.29 is 0 Å². The molecule has 0 atom stereocenters. The third-order valence-electron chi connectivity index (χ3n) is 12.6. The van der Waals surface area contributed by atoms with E-state index in [4.69, 9.17) is 0 Å². The molecule has 2 aromatic heterocycles. The minimum atomic E-state index is -1.81. The number of hydrogen-bond donors (Lipinski definition) is 0. The fraction of sp³-hybridized carbons (Fsp3) is 0. The molecule has 0 bridgehead atoms. The molecular weight excluding hydrogens is 781 g/mol. The third-order valence-corrected chi connectivity index (χ3v) is 16.5. The second kappa shape index (κ2) is 15.3. The standard InChI is InChI=1S/C60H42N2S/c1-5-19-43(20-6-1)44-21-17-22-45(41-44)52-31-18-34-58-60(52)55-30-14-16-33-57(55)62(58)47-37-40-54-53-29-13-15-32-56(53)61(59(54)42-47)46-35-38-51(39-36-46)63(48-23-7-2-8-24-48,49-25-9-3-10-26-49)50-27-11-4-12-28-50/h1-42H. The zero-order chi connectivity index (χ0) is 41.7. The Hall–Kier alpha value is -7.85. The van der Waals surface area contributed by atoms with Gasteiger partial charge in [0.1, 0.15) is 0 Å². The number of hydrogen-bond acceptors (Lipinski definition) is 0. The van der Waals surface area contributed by atoms with Gasteiger partial charge in [0.25, 0.3) is 0 Å². The van der Waals surface area contributed by atoms with Gasteiger partial charge in [0.15, 0.2) is 0 Å². The minimum absolute atomic E-state index is 1.13. The number of rotatable bonds is 8. The molecule has 0 fully saturated rings. The van der Waals surface area contributed by atoms with Gasteiger partial charge in [-0.15, -0.1) is 10.0 Å². The number of para-hydroxylation sites is 2. The SMILES string of the molecule is c1ccc(-c2cccc(-c3cccc4c3c3ccccc3n4-c3ccc4c5ccccc5n(-c5ccc(S(c6ccccc6)(c6ccccc6)c6ccccc6)cc5)c4c3)c2)cc1. The maximum Gasteiger partial charge on any atom is 0.0561 e. The Kier molecular flexibility index (Phi) is 8.95. The summed E-state index contributed by atoms with van der Waals surface area (Å²) < 4.78 is 4.91. The second-order valence-corrected chi connectivity index (χ2v) is 19.2. The molecule has 12 aromatic rings. The highest BCUT2D eigenvalue weighted by molar-refractivity contribution is 8.34. The quantitative estimate of drug-likeness (QED) is 0.144. The monoisotopic (exact) mass is 822 g/mol. The summed E-state index contributed by atoms with van der Waals surface area (Å²) >= 11 is 0. The average Bonchev–Trinajstić information content (AvgIpc) is 3.88. The third kappa shape index (κ3) is 5.96. The minimum Gasteiger partial charge on any atom is -0.309 e. The van der Waals surface area contributed by atoms with Crippen LogP contribution in [0.3, 0.4) is 0 Å². The lowest BCUT2D eigenvalue weighted by Gasteiger charge is -2.42. The van der Waals surface area contributed by atoms with Crippen LogP contribution in [-0.4, -0.2) is 9.13 Å². The van der Waals surface area contributed by atoms with E-state index in [1.807, 2.05) is 0 Å². The first kappa shape index (κ1) is 37.0. The second-order valence-electron chi connectivity index (χ2n) is 16.1. The van der Waals surface area contributed by atoms with E-state index < -0.39 is 10.0 Å². The van der Waals surface area contributed by atoms with Crippen molar-refractivity contribution in [3.05, 3.63) is 255 Å². The van der Waals surface area contributed by atoms with Crippen LogP contribution in [0.15, 0.2) is 274 Å². The van der Waals surface area contributed by atoms with Crippen LogP contribution in [-0.2, 0) is 0 Å².